The highest BCUT2D eigenvalue weighted by Gasteiger charge is 2.26. The van der Waals surface area contributed by atoms with Crippen LogP contribution in [0.25, 0.3) is 0 Å². The van der Waals surface area contributed by atoms with E-state index in [-0.39, 0.29) is 5.92 Å². The summed E-state index contributed by atoms with van der Waals surface area (Å²) in [6, 6.07) is 0. The van der Waals surface area contributed by atoms with E-state index in [0.717, 1.165) is 19.3 Å². The summed E-state index contributed by atoms with van der Waals surface area (Å²) in [5, 5.41) is 0. The quantitative estimate of drug-likeness (QED) is 0.640. The van der Waals surface area contributed by atoms with Gasteiger partial charge < -0.3 is 0 Å². The van der Waals surface area contributed by atoms with E-state index in [1.54, 1.807) is 6.92 Å². The van der Waals surface area contributed by atoms with Crippen LogP contribution in [0.3, 0.4) is 0 Å². The Morgan fingerprint density at radius 2 is 2.20 bits per heavy atom. The molecule has 0 fully saturated rings. The number of ketones is 1. The number of allylic oxidation sites excluding steroid dienone is 4. The second-order valence-electron chi connectivity index (χ2n) is 4.77. The van der Waals surface area contributed by atoms with Crippen molar-refractivity contribution >= 4 is 5.78 Å². The number of hydrogen-bond acceptors (Lipinski definition) is 1. The average molecular weight is 206 g/mol. The van der Waals surface area contributed by atoms with Gasteiger partial charge in [0.15, 0.2) is 0 Å². The van der Waals surface area contributed by atoms with Crippen LogP contribution in [0, 0.1) is 11.8 Å². The second kappa shape index (κ2) is 5.29. The van der Waals surface area contributed by atoms with Gasteiger partial charge in [0, 0.05) is 5.92 Å². The number of hydrogen-bond donors (Lipinski definition) is 0. The fourth-order valence-electron chi connectivity index (χ4n) is 2.36. The lowest BCUT2D eigenvalue weighted by Crippen LogP contribution is -2.24. The Labute approximate surface area is 93.3 Å². The van der Waals surface area contributed by atoms with Crippen molar-refractivity contribution in [3.8, 4) is 0 Å². The minimum atomic E-state index is 0.253. The molecule has 0 N–H and O–H groups in total. The van der Waals surface area contributed by atoms with Gasteiger partial charge in [-0.2, -0.15) is 0 Å². The standard InChI is InChI=1S/C14H22O/c1-5-10(2)8-13-9-11(3)6-7-14(13)12(4)15/h5,9,13-14H,6-8H2,1-4H3/b10-5+. The van der Waals surface area contributed by atoms with Gasteiger partial charge in [-0.15, -0.1) is 0 Å². The topological polar surface area (TPSA) is 17.1 Å². The summed E-state index contributed by atoms with van der Waals surface area (Å²) in [5.74, 6) is 1.05. The SMILES string of the molecule is C/C=C(\C)CC1C=C(C)CCC1C(C)=O. The van der Waals surface area contributed by atoms with Crippen LogP contribution in [-0.2, 0) is 4.79 Å². The Morgan fingerprint density at radius 3 is 2.73 bits per heavy atom. The Morgan fingerprint density at radius 1 is 1.53 bits per heavy atom. The molecule has 1 aliphatic rings. The summed E-state index contributed by atoms with van der Waals surface area (Å²) < 4.78 is 0. The van der Waals surface area contributed by atoms with Crippen molar-refractivity contribution in [2.75, 3.05) is 0 Å². The van der Waals surface area contributed by atoms with Crippen LogP contribution in [0.1, 0.15) is 47.0 Å². The van der Waals surface area contributed by atoms with Crippen LogP contribution in [0.4, 0.5) is 0 Å². The van der Waals surface area contributed by atoms with E-state index in [9.17, 15) is 4.79 Å². The first kappa shape index (κ1) is 12.2. The molecule has 0 saturated carbocycles. The third-order valence-electron chi connectivity index (χ3n) is 3.44. The molecule has 2 unspecified atom stereocenters. The number of carbonyl (C=O) groups is 1. The van der Waals surface area contributed by atoms with E-state index in [4.69, 9.17) is 0 Å². The first-order chi connectivity index (χ1) is 7.04. The van der Waals surface area contributed by atoms with Crippen LogP contribution in [0.15, 0.2) is 23.3 Å². The van der Waals surface area contributed by atoms with Gasteiger partial charge in [0.1, 0.15) is 5.78 Å². The predicted molar refractivity (Wildman–Crippen MR) is 64.7 cm³/mol. The molecule has 84 valence electrons. The molecule has 0 radical (unpaired) electrons. The van der Waals surface area contributed by atoms with Crippen molar-refractivity contribution < 1.29 is 4.79 Å². The third kappa shape index (κ3) is 3.33. The zero-order valence-electron chi connectivity index (χ0n) is 10.3. The minimum absolute atomic E-state index is 0.253. The number of rotatable bonds is 3. The van der Waals surface area contributed by atoms with E-state index in [2.05, 4.69) is 32.9 Å². The smallest absolute Gasteiger partial charge is 0.133 e. The van der Waals surface area contributed by atoms with Crippen molar-refractivity contribution in [3.63, 3.8) is 0 Å². The largest absolute Gasteiger partial charge is 0.300 e. The second-order valence-corrected chi connectivity index (χ2v) is 4.77. The summed E-state index contributed by atoms with van der Waals surface area (Å²) in [6.07, 6.45) is 7.63. The van der Waals surface area contributed by atoms with Gasteiger partial charge in [0.2, 0.25) is 0 Å². The van der Waals surface area contributed by atoms with E-state index >= 15 is 0 Å². The molecule has 0 heterocycles. The van der Waals surface area contributed by atoms with E-state index in [1.807, 2.05) is 0 Å². The molecular formula is C14H22O. The number of carbonyl (C=O) groups excluding carboxylic acids is 1. The van der Waals surface area contributed by atoms with Gasteiger partial charge in [-0.05, 0) is 52.9 Å². The van der Waals surface area contributed by atoms with Crippen molar-refractivity contribution in [2.45, 2.75) is 47.0 Å². The Balaban J connectivity index is 2.78. The highest BCUT2D eigenvalue weighted by molar-refractivity contribution is 5.79. The first-order valence-electron chi connectivity index (χ1n) is 5.84. The summed E-state index contributed by atoms with van der Waals surface area (Å²) in [4.78, 5) is 11.5. The van der Waals surface area contributed by atoms with Crippen molar-refractivity contribution in [1.29, 1.82) is 0 Å². The van der Waals surface area contributed by atoms with Gasteiger partial charge in [-0.1, -0.05) is 23.3 Å². The highest BCUT2D eigenvalue weighted by Crippen LogP contribution is 2.33. The van der Waals surface area contributed by atoms with Gasteiger partial charge in [0.05, 0.1) is 0 Å². The predicted octanol–water partition coefficient (Wildman–Crippen LogP) is 3.90. The molecule has 1 nitrogen and oxygen atoms in total. The lowest BCUT2D eigenvalue weighted by molar-refractivity contribution is -0.122. The molecule has 0 saturated heterocycles. The lowest BCUT2D eigenvalue weighted by atomic mass is 9.76. The van der Waals surface area contributed by atoms with Crippen LogP contribution in [0.2, 0.25) is 0 Å². The van der Waals surface area contributed by atoms with E-state index in [1.165, 1.54) is 11.1 Å². The fraction of sp³-hybridized carbons (Fsp3) is 0.643. The molecule has 1 aliphatic carbocycles. The molecule has 15 heavy (non-hydrogen) atoms. The van der Waals surface area contributed by atoms with Crippen LogP contribution < -0.4 is 0 Å². The highest BCUT2D eigenvalue weighted by atomic mass is 16.1. The third-order valence-corrected chi connectivity index (χ3v) is 3.44. The summed E-state index contributed by atoms with van der Waals surface area (Å²) >= 11 is 0. The summed E-state index contributed by atoms with van der Waals surface area (Å²) in [7, 11) is 0. The molecule has 0 amide bonds. The monoisotopic (exact) mass is 206 g/mol. The molecule has 0 aliphatic heterocycles. The van der Waals surface area contributed by atoms with Crippen LogP contribution in [0.5, 0.6) is 0 Å². The van der Waals surface area contributed by atoms with Gasteiger partial charge in [-0.3, -0.25) is 4.79 Å². The van der Waals surface area contributed by atoms with E-state index in [0.29, 0.717) is 11.7 Å². The van der Waals surface area contributed by atoms with Crippen LogP contribution in [-0.4, -0.2) is 5.78 Å². The molecular weight excluding hydrogens is 184 g/mol. The maximum absolute atomic E-state index is 11.5. The molecule has 1 heteroatoms. The lowest BCUT2D eigenvalue weighted by Gasteiger charge is -2.28. The van der Waals surface area contributed by atoms with Gasteiger partial charge in [-0.25, -0.2) is 0 Å². The zero-order chi connectivity index (χ0) is 11.4. The molecule has 0 aromatic rings. The van der Waals surface area contributed by atoms with Crippen molar-refractivity contribution in [2.24, 2.45) is 11.8 Å². The fourth-order valence-corrected chi connectivity index (χ4v) is 2.36. The molecule has 0 aromatic heterocycles. The first-order valence-corrected chi connectivity index (χ1v) is 5.84. The maximum Gasteiger partial charge on any atom is 0.133 e. The molecule has 0 spiro atoms. The molecule has 0 aromatic carbocycles. The minimum Gasteiger partial charge on any atom is -0.300 e. The van der Waals surface area contributed by atoms with Crippen molar-refractivity contribution in [1.82, 2.24) is 0 Å². The van der Waals surface area contributed by atoms with Gasteiger partial charge in [0.25, 0.3) is 0 Å². The summed E-state index contributed by atoms with van der Waals surface area (Å²) in [5.41, 5.74) is 2.83. The molecule has 2 atom stereocenters. The van der Waals surface area contributed by atoms with Crippen LogP contribution >= 0.6 is 0 Å². The van der Waals surface area contributed by atoms with Crippen molar-refractivity contribution in [3.05, 3.63) is 23.3 Å². The zero-order valence-corrected chi connectivity index (χ0v) is 10.3. The molecule has 1 rings (SSSR count). The summed E-state index contributed by atoms with van der Waals surface area (Å²) in [6.45, 7) is 8.12. The number of Topliss-reactive ketones (excluding diaryl/α,β-unsaturated/α-hetero) is 1. The normalized spacial score (nSPS) is 27.5. The van der Waals surface area contributed by atoms with E-state index < -0.39 is 0 Å². The maximum atomic E-state index is 11.5. The Kier molecular flexibility index (Phi) is 4.31. The Hall–Kier alpha value is -0.850. The van der Waals surface area contributed by atoms with Gasteiger partial charge >= 0.3 is 0 Å². The molecule has 0 bridgehead atoms. The average Bonchev–Trinajstić information content (AvgIpc) is 2.17. The Bertz CT molecular complexity index is 296.